The smallest absolute Gasteiger partial charge is 0.368 e. The highest BCUT2D eigenvalue weighted by atomic mass is 32.2. The van der Waals surface area contributed by atoms with Gasteiger partial charge in [0.15, 0.2) is 16.5 Å². The minimum absolute atomic E-state index is 0.0543. The van der Waals surface area contributed by atoms with E-state index >= 15 is 0 Å². The average Bonchev–Trinajstić information content (AvgIpc) is 3.25. The Morgan fingerprint density at radius 3 is 2.45 bits per heavy atom. The summed E-state index contributed by atoms with van der Waals surface area (Å²) in [5, 5.41) is 16.1. The summed E-state index contributed by atoms with van der Waals surface area (Å²) in [6, 6.07) is 3.38. The molecule has 1 N–H and O–H groups in total. The number of halogens is 3. The Morgan fingerprint density at radius 1 is 1.16 bits per heavy atom. The van der Waals surface area contributed by atoms with Gasteiger partial charge in [0.25, 0.3) is 5.13 Å². The number of alkyl halides is 3. The van der Waals surface area contributed by atoms with Crippen molar-refractivity contribution in [3.8, 4) is 0 Å². The van der Waals surface area contributed by atoms with Crippen LogP contribution < -0.4 is 9.62 Å². The van der Waals surface area contributed by atoms with Gasteiger partial charge in [0.05, 0.1) is 5.69 Å². The molecular formula is C24H33F3N6O3S2. The fourth-order valence-electron chi connectivity index (χ4n) is 4.36. The molecule has 0 bridgehead atoms. The lowest BCUT2D eigenvalue weighted by Crippen LogP contribution is -2.38. The van der Waals surface area contributed by atoms with Crippen LogP contribution >= 0.6 is 11.3 Å². The van der Waals surface area contributed by atoms with Crippen molar-refractivity contribution in [3.63, 3.8) is 0 Å². The largest absolute Gasteiger partial charge is 0.404 e. The average molecular weight is 575 g/mol. The number of benzene rings is 1. The van der Waals surface area contributed by atoms with Gasteiger partial charge in [-0.15, -0.1) is 20.4 Å². The summed E-state index contributed by atoms with van der Waals surface area (Å²) in [6.45, 7) is 10.6. The van der Waals surface area contributed by atoms with E-state index in [4.69, 9.17) is 0 Å². The molecule has 210 valence electrons. The van der Waals surface area contributed by atoms with Crippen molar-refractivity contribution in [2.45, 2.75) is 78.9 Å². The molecule has 0 saturated carbocycles. The number of fused-ring (bicyclic) bond motifs is 1. The monoisotopic (exact) mass is 574 g/mol. The van der Waals surface area contributed by atoms with Crippen LogP contribution in [0.4, 0.5) is 35.4 Å². The minimum Gasteiger partial charge on any atom is -0.368 e. The summed E-state index contributed by atoms with van der Waals surface area (Å²) in [5.74, 6) is -2.22. The van der Waals surface area contributed by atoms with Gasteiger partial charge in [-0.1, -0.05) is 46.0 Å². The topological polar surface area (TPSA) is 117 Å². The highest BCUT2D eigenvalue weighted by Gasteiger charge is 2.36. The molecule has 1 aromatic heterocycles. The molecule has 0 aliphatic carbocycles. The molecule has 0 unspecified atom stereocenters. The number of Topliss-reactive ketones (excluding diaryl/α,β-unsaturated/α-hetero) is 1. The first-order chi connectivity index (χ1) is 17.6. The quantitative estimate of drug-likeness (QED) is 0.246. The highest BCUT2D eigenvalue weighted by molar-refractivity contribution is 7.92. The molecule has 0 fully saturated rings. The van der Waals surface area contributed by atoms with Gasteiger partial charge in [-0.05, 0) is 48.8 Å². The predicted octanol–water partition coefficient (Wildman–Crippen LogP) is 6.82. The molecule has 1 aromatic carbocycles. The van der Waals surface area contributed by atoms with Gasteiger partial charge in [-0.3, -0.25) is 9.52 Å². The van der Waals surface area contributed by atoms with E-state index in [0.717, 1.165) is 48.4 Å². The Morgan fingerprint density at radius 2 is 1.84 bits per heavy atom. The summed E-state index contributed by atoms with van der Waals surface area (Å²) >= 11 is 0.939. The van der Waals surface area contributed by atoms with Crippen LogP contribution in [0.2, 0.25) is 0 Å². The van der Waals surface area contributed by atoms with E-state index in [9.17, 15) is 26.4 Å². The van der Waals surface area contributed by atoms with Crippen LogP contribution in [0.25, 0.3) is 0 Å². The number of anilines is 2. The first-order valence-corrected chi connectivity index (χ1v) is 14.9. The lowest BCUT2D eigenvalue weighted by atomic mass is 9.90. The number of azo groups is 1. The SMILES string of the molecule is CCC(CC)N1CCCc2cc(N=Nc3nnc(C(=O)CC(C)(C)C)s3)c(NS(=O)(=O)CC(F)(F)F)cc21. The summed E-state index contributed by atoms with van der Waals surface area (Å²) in [5.41, 5.74) is 1.37. The fraction of sp³-hybridized carbons (Fsp3) is 0.625. The maximum atomic E-state index is 12.9. The first-order valence-electron chi connectivity index (χ1n) is 12.4. The van der Waals surface area contributed by atoms with Crippen molar-refractivity contribution in [2.75, 3.05) is 21.9 Å². The number of aryl methyl sites for hydroxylation is 1. The van der Waals surface area contributed by atoms with Crippen molar-refractivity contribution in [2.24, 2.45) is 15.6 Å². The van der Waals surface area contributed by atoms with Gasteiger partial charge in [0, 0.05) is 24.7 Å². The van der Waals surface area contributed by atoms with Gasteiger partial charge < -0.3 is 4.90 Å². The number of sulfonamides is 1. The minimum atomic E-state index is -4.91. The molecule has 3 rings (SSSR count). The molecule has 0 radical (unpaired) electrons. The first kappa shape index (κ1) is 29.9. The highest BCUT2D eigenvalue weighted by Crippen LogP contribution is 2.40. The van der Waals surface area contributed by atoms with E-state index in [2.05, 4.69) is 43.9 Å². The van der Waals surface area contributed by atoms with Gasteiger partial charge in [-0.2, -0.15) is 13.2 Å². The molecule has 2 aromatic rings. The number of carbonyl (C=O) groups is 1. The zero-order valence-corrected chi connectivity index (χ0v) is 23.7. The van der Waals surface area contributed by atoms with E-state index in [1.165, 1.54) is 6.07 Å². The van der Waals surface area contributed by atoms with Crippen molar-refractivity contribution < 1.29 is 26.4 Å². The predicted molar refractivity (Wildman–Crippen MR) is 142 cm³/mol. The lowest BCUT2D eigenvalue weighted by molar-refractivity contribution is -0.106. The molecule has 38 heavy (non-hydrogen) atoms. The molecule has 0 saturated heterocycles. The van der Waals surface area contributed by atoms with Crippen LogP contribution in [0.1, 0.15) is 75.7 Å². The maximum Gasteiger partial charge on any atom is 0.404 e. The van der Waals surface area contributed by atoms with E-state index in [0.29, 0.717) is 6.42 Å². The lowest BCUT2D eigenvalue weighted by Gasteiger charge is -2.38. The van der Waals surface area contributed by atoms with E-state index < -0.39 is 22.0 Å². The number of nitrogens with zero attached hydrogens (tertiary/aromatic N) is 5. The molecule has 0 amide bonds. The van der Waals surface area contributed by atoms with Crippen molar-refractivity contribution >= 4 is 49.3 Å². The number of rotatable bonds is 10. The normalized spacial score (nSPS) is 14.8. The van der Waals surface area contributed by atoms with E-state index in [1.807, 2.05) is 20.8 Å². The Hall–Kier alpha value is -2.61. The zero-order valence-electron chi connectivity index (χ0n) is 22.1. The number of hydrogen-bond donors (Lipinski definition) is 1. The molecule has 1 aliphatic heterocycles. The van der Waals surface area contributed by atoms with Gasteiger partial charge >= 0.3 is 6.18 Å². The molecule has 14 heteroatoms. The summed E-state index contributed by atoms with van der Waals surface area (Å²) in [7, 11) is -4.76. The number of nitrogens with one attached hydrogen (secondary N) is 1. The molecular weight excluding hydrogens is 541 g/mol. The second-order valence-corrected chi connectivity index (χ2v) is 13.2. The van der Waals surface area contributed by atoms with E-state index in [-0.39, 0.29) is 45.2 Å². The maximum absolute atomic E-state index is 12.9. The number of ketones is 1. The molecule has 9 nitrogen and oxygen atoms in total. The van der Waals surface area contributed by atoms with Crippen LogP contribution in [0.5, 0.6) is 0 Å². The Kier molecular flexibility index (Phi) is 9.17. The Labute approximate surface area is 225 Å². The van der Waals surface area contributed by atoms with Crippen molar-refractivity contribution in [3.05, 3.63) is 22.7 Å². The van der Waals surface area contributed by atoms with Crippen LogP contribution in [0.3, 0.4) is 0 Å². The zero-order chi connectivity index (χ0) is 28.3. The van der Waals surface area contributed by atoms with Crippen LogP contribution in [-0.2, 0) is 16.4 Å². The Balaban J connectivity index is 2.00. The van der Waals surface area contributed by atoms with Gasteiger partial charge in [-0.25, -0.2) is 8.42 Å². The Bertz CT molecular complexity index is 1280. The van der Waals surface area contributed by atoms with Crippen molar-refractivity contribution in [1.82, 2.24) is 10.2 Å². The van der Waals surface area contributed by atoms with Gasteiger partial charge in [0.1, 0.15) is 5.69 Å². The molecule has 1 aliphatic rings. The number of aromatic nitrogens is 2. The summed E-state index contributed by atoms with van der Waals surface area (Å²) < 4.78 is 65.5. The van der Waals surface area contributed by atoms with Crippen LogP contribution in [0, 0.1) is 5.41 Å². The summed E-state index contributed by atoms with van der Waals surface area (Å²) in [6.07, 6.45) is -1.35. The third-order valence-corrected chi connectivity index (χ3v) is 8.03. The second-order valence-electron chi connectivity index (χ2n) is 10.5. The molecule has 0 spiro atoms. The fourth-order valence-corrected chi connectivity index (χ4v) is 5.97. The standard InChI is InChI=1S/C24H33F3N6O3S2/c1-6-16(7-2)33-10-8-9-15-11-17(18(12-19(15)33)32-38(35,36)14-24(25,26)27)28-30-22-31-29-21(37-22)20(34)13-23(3,4)5/h11-12,16,32H,6-10,13-14H2,1-5H3. The third kappa shape index (κ3) is 8.19. The van der Waals surface area contributed by atoms with E-state index in [1.54, 1.807) is 6.07 Å². The van der Waals surface area contributed by atoms with Crippen LogP contribution in [0.15, 0.2) is 22.4 Å². The third-order valence-electron chi connectivity index (χ3n) is 5.94. The number of hydrogen-bond acceptors (Lipinski definition) is 9. The number of carbonyl (C=O) groups excluding carboxylic acids is 1. The van der Waals surface area contributed by atoms with Gasteiger partial charge in [0.2, 0.25) is 10.0 Å². The van der Waals surface area contributed by atoms with Crippen molar-refractivity contribution in [1.29, 1.82) is 0 Å². The van der Waals surface area contributed by atoms with Crippen LogP contribution in [-0.4, -0.2) is 48.9 Å². The molecule has 0 atom stereocenters. The summed E-state index contributed by atoms with van der Waals surface area (Å²) in [4.78, 5) is 14.6. The molecule has 2 heterocycles. The second kappa shape index (κ2) is 11.6.